The quantitative estimate of drug-likeness (QED) is 0.0864. The van der Waals surface area contributed by atoms with Gasteiger partial charge in [-0.2, -0.15) is 0 Å². The second-order valence-electron chi connectivity index (χ2n) is 15.5. The van der Waals surface area contributed by atoms with Crippen LogP contribution in [0.4, 0.5) is 0 Å². The van der Waals surface area contributed by atoms with Gasteiger partial charge in [-0.1, -0.05) is 123 Å². The Hall–Kier alpha value is -3.53. The summed E-state index contributed by atoms with van der Waals surface area (Å²) in [5, 5.41) is 13.3. The van der Waals surface area contributed by atoms with Crippen LogP contribution in [-0.4, -0.2) is 15.9 Å². The number of nitrogens with zero attached hydrogens (tertiary/aromatic N) is 1. The summed E-state index contributed by atoms with van der Waals surface area (Å²) in [5.41, 5.74) is 6.70. The zero-order chi connectivity index (χ0) is 35.9. The number of aromatic nitrogens is 1. The molecule has 0 spiro atoms. The summed E-state index contributed by atoms with van der Waals surface area (Å²) in [6.45, 7) is 21.6. The van der Waals surface area contributed by atoms with Gasteiger partial charge in [-0.25, -0.2) is 0 Å². The number of aliphatic hydroxyl groups excluding tert-OH is 1. The molecule has 1 radical (unpaired) electrons. The molecule has 0 unspecified atom stereocenters. The van der Waals surface area contributed by atoms with Crippen molar-refractivity contribution in [1.29, 1.82) is 0 Å². The van der Waals surface area contributed by atoms with Crippen LogP contribution in [0.2, 0.25) is 0 Å². The Bertz CT molecular complexity index is 1900. The summed E-state index contributed by atoms with van der Waals surface area (Å²) in [5.74, 6) is 1.42. The van der Waals surface area contributed by atoms with Gasteiger partial charge in [0, 0.05) is 60.9 Å². The van der Waals surface area contributed by atoms with Crippen LogP contribution in [0.1, 0.15) is 106 Å². The summed E-state index contributed by atoms with van der Waals surface area (Å²) < 4.78 is 6.43. The van der Waals surface area contributed by atoms with Crippen molar-refractivity contribution in [3.05, 3.63) is 102 Å². The molecule has 0 atom stereocenters. The van der Waals surface area contributed by atoms with E-state index in [1.807, 2.05) is 40.0 Å². The molecule has 0 amide bonds. The van der Waals surface area contributed by atoms with E-state index in [1.54, 1.807) is 0 Å². The first-order valence-corrected chi connectivity index (χ1v) is 18.1. The van der Waals surface area contributed by atoms with E-state index in [1.165, 1.54) is 22.6 Å². The molecule has 2 aromatic heterocycles. The zero-order valence-corrected chi connectivity index (χ0v) is 34.1. The number of ketones is 1. The number of fused-ring (bicyclic) bond motifs is 2. The van der Waals surface area contributed by atoms with E-state index in [9.17, 15) is 9.90 Å². The Morgan fingerprint density at radius 1 is 0.860 bits per heavy atom. The Balaban J connectivity index is 0.000000361. The summed E-state index contributed by atoms with van der Waals surface area (Å²) in [4.78, 5) is 16.4. The molecule has 3 aromatic carbocycles. The molecule has 1 N–H and O–H groups in total. The van der Waals surface area contributed by atoms with Crippen LogP contribution >= 0.6 is 0 Å². The molecule has 0 aliphatic rings. The Labute approximate surface area is 314 Å². The Kier molecular flexibility index (Phi) is 14.4. The van der Waals surface area contributed by atoms with Gasteiger partial charge in [-0.15, -0.1) is 29.1 Å². The van der Waals surface area contributed by atoms with Crippen molar-refractivity contribution in [3.8, 4) is 22.6 Å². The molecule has 0 aliphatic carbocycles. The Morgan fingerprint density at radius 2 is 1.52 bits per heavy atom. The first-order chi connectivity index (χ1) is 23.2. The number of para-hydroxylation sites is 1. The minimum absolute atomic E-state index is 0. The molecule has 0 saturated heterocycles. The molecule has 0 fully saturated rings. The van der Waals surface area contributed by atoms with Crippen LogP contribution < -0.4 is 0 Å². The summed E-state index contributed by atoms with van der Waals surface area (Å²) in [7, 11) is 0. The fourth-order valence-corrected chi connectivity index (χ4v) is 6.48. The predicted molar refractivity (Wildman–Crippen MR) is 207 cm³/mol. The maximum atomic E-state index is 11.7. The second-order valence-corrected chi connectivity index (χ2v) is 15.5. The third-order valence-corrected chi connectivity index (χ3v) is 9.33. The molecule has 5 heteroatoms. The second kappa shape index (κ2) is 17.6. The van der Waals surface area contributed by atoms with Crippen molar-refractivity contribution in [1.82, 2.24) is 4.98 Å². The van der Waals surface area contributed by atoms with Gasteiger partial charge in [-0.3, -0.25) is 9.78 Å². The van der Waals surface area contributed by atoms with Gasteiger partial charge in [0.05, 0.1) is 5.76 Å². The molecule has 2 heterocycles. The molecular weight excluding hydrogens is 795 g/mol. The number of rotatable bonds is 10. The molecule has 269 valence electrons. The van der Waals surface area contributed by atoms with Crippen molar-refractivity contribution < 1.29 is 34.4 Å². The van der Waals surface area contributed by atoms with Crippen LogP contribution in [0.15, 0.2) is 89.2 Å². The molecule has 0 saturated carbocycles. The van der Waals surface area contributed by atoms with E-state index >= 15 is 0 Å². The Morgan fingerprint density at radius 3 is 2.14 bits per heavy atom. The predicted octanol–water partition coefficient (Wildman–Crippen LogP) is 12.9. The van der Waals surface area contributed by atoms with Crippen LogP contribution in [-0.2, 0) is 36.7 Å². The average molecular weight is 851 g/mol. The molecule has 50 heavy (non-hydrogen) atoms. The van der Waals surface area contributed by atoms with Gasteiger partial charge < -0.3 is 9.52 Å². The maximum Gasteiger partial charge on any atom is 0.162 e. The van der Waals surface area contributed by atoms with E-state index in [2.05, 4.69) is 108 Å². The fraction of sp³-hybridized carbons (Fsp3) is 0.422. The molecular formula is C45H56IrNO3-. The van der Waals surface area contributed by atoms with Gasteiger partial charge in [0.25, 0.3) is 0 Å². The number of furan rings is 1. The molecule has 5 aromatic rings. The van der Waals surface area contributed by atoms with E-state index in [0.29, 0.717) is 0 Å². The first-order valence-electron chi connectivity index (χ1n) is 18.1. The third kappa shape index (κ3) is 10.3. The van der Waals surface area contributed by atoms with Crippen molar-refractivity contribution >= 4 is 27.5 Å². The first kappa shape index (κ1) is 40.9. The number of carbonyl (C=O) groups is 1. The van der Waals surface area contributed by atoms with Gasteiger partial charge in [0.1, 0.15) is 11.3 Å². The summed E-state index contributed by atoms with van der Waals surface area (Å²) in [6.07, 6.45) is 7.75. The maximum absolute atomic E-state index is 11.7. The number of allylic oxidation sites excluding steroid dienone is 2. The fourth-order valence-electron chi connectivity index (χ4n) is 6.48. The number of aliphatic hydroxyl groups is 1. The number of hydrogen-bond donors (Lipinski definition) is 1. The monoisotopic (exact) mass is 851 g/mol. The SMILES string of the molecule is CC(C)(C)Cc1cccc2cc(-c3ccnc(-c4[c-]c5ccccc5c(C(C)(C)C)c4)c3)oc12.CCC(CC)C(=O)/C=C(\O)C(CC)CC.[Ir]. The van der Waals surface area contributed by atoms with Gasteiger partial charge >= 0.3 is 0 Å². The number of carbonyl (C=O) groups excluding carboxylic acids is 1. The number of pyridine rings is 1. The van der Waals surface area contributed by atoms with Gasteiger partial charge in [-0.05, 0) is 60.6 Å². The molecule has 4 nitrogen and oxygen atoms in total. The van der Waals surface area contributed by atoms with E-state index < -0.39 is 0 Å². The van der Waals surface area contributed by atoms with E-state index in [0.717, 1.165) is 71.0 Å². The molecule has 5 rings (SSSR count). The smallest absolute Gasteiger partial charge is 0.162 e. The van der Waals surface area contributed by atoms with Crippen LogP contribution in [0.5, 0.6) is 0 Å². The largest absolute Gasteiger partial charge is 0.512 e. The summed E-state index contributed by atoms with van der Waals surface area (Å²) in [6, 6.07) is 27.0. The van der Waals surface area contributed by atoms with Crippen molar-refractivity contribution in [2.24, 2.45) is 17.3 Å². The van der Waals surface area contributed by atoms with Crippen molar-refractivity contribution in [2.75, 3.05) is 0 Å². The molecule has 0 aliphatic heterocycles. The standard InChI is InChI=1S/C32H32NO.C13H24O2.Ir/c1-31(2,3)20-24-12-9-11-23-19-29(34-30(23)24)22-14-15-33-28(18-22)25-16-21-10-7-8-13-26(21)27(17-25)32(4,5)6;1-5-10(6-2)12(14)9-13(15)11(7-3)8-4;/h7-15,17-19H,20H2,1-6H3;9-11,14H,5-8H2,1-4H3;/q-1;;/b;12-9-;. The van der Waals surface area contributed by atoms with Crippen LogP contribution in [0.3, 0.4) is 0 Å². The number of benzene rings is 3. The van der Waals surface area contributed by atoms with E-state index in [4.69, 9.17) is 9.40 Å². The summed E-state index contributed by atoms with van der Waals surface area (Å²) >= 11 is 0. The normalized spacial score (nSPS) is 12.3. The van der Waals surface area contributed by atoms with Crippen molar-refractivity contribution in [2.45, 2.75) is 107 Å². The minimum Gasteiger partial charge on any atom is -0.512 e. The van der Waals surface area contributed by atoms with E-state index in [-0.39, 0.29) is 54.3 Å². The number of hydrogen-bond acceptors (Lipinski definition) is 4. The molecule has 0 bridgehead atoms. The van der Waals surface area contributed by atoms with Crippen LogP contribution in [0.25, 0.3) is 44.3 Å². The minimum atomic E-state index is 0. The van der Waals surface area contributed by atoms with Crippen molar-refractivity contribution in [3.63, 3.8) is 0 Å². The van der Waals surface area contributed by atoms with Crippen LogP contribution in [0, 0.1) is 23.3 Å². The topological polar surface area (TPSA) is 63.3 Å². The zero-order valence-electron chi connectivity index (χ0n) is 31.7. The third-order valence-electron chi connectivity index (χ3n) is 9.33. The average Bonchev–Trinajstić information content (AvgIpc) is 3.50. The van der Waals surface area contributed by atoms with Gasteiger partial charge in [0.15, 0.2) is 5.78 Å². The van der Waals surface area contributed by atoms with Gasteiger partial charge in [0.2, 0.25) is 0 Å².